The fraction of sp³-hybridized carbons (Fsp3) is 0.364. The molecule has 1 aromatic rings. The molecule has 0 saturated carbocycles. The molecule has 0 unspecified atom stereocenters. The zero-order chi connectivity index (χ0) is 13.8. The Morgan fingerprint density at radius 3 is 2.72 bits per heavy atom. The highest BCUT2D eigenvalue weighted by molar-refractivity contribution is 7.92. The van der Waals surface area contributed by atoms with Gasteiger partial charge in [-0.3, -0.25) is 4.79 Å². The summed E-state index contributed by atoms with van der Waals surface area (Å²) < 4.78 is 24.0. The molecule has 1 amide bonds. The maximum Gasteiger partial charge on any atom is 0.235 e. The van der Waals surface area contributed by atoms with E-state index in [9.17, 15) is 13.2 Å². The van der Waals surface area contributed by atoms with E-state index in [1.807, 2.05) is 6.92 Å². The molecule has 0 aromatic heterocycles. The highest BCUT2D eigenvalue weighted by Gasteiger charge is 2.22. The molecule has 0 atom stereocenters. The van der Waals surface area contributed by atoms with Gasteiger partial charge in [0.2, 0.25) is 5.91 Å². The molecule has 5 nitrogen and oxygen atoms in total. The zero-order valence-electron chi connectivity index (χ0n) is 9.94. The van der Waals surface area contributed by atoms with Gasteiger partial charge in [-0.25, -0.2) is 8.42 Å². The monoisotopic (exact) mass is 290 g/mol. The van der Waals surface area contributed by atoms with Crippen molar-refractivity contribution in [3.8, 4) is 0 Å². The second kappa shape index (κ2) is 6.06. The highest BCUT2D eigenvalue weighted by Crippen LogP contribution is 2.24. The van der Waals surface area contributed by atoms with Crippen LogP contribution >= 0.6 is 11.6 Å². The SMILES string of the molecule is CCCNC(=O)CS(=O)(=O)c1cc(N)ccc1Cl. The van der Waals surface area contributed by atoms with Gasteiger partial charge in [0.15, 0.2) is 9.84 Å². The first-order chi connectivity index (χ1) is 8.36. The standard InChI is InChI=1S/C11H15ClN2O3S/c1-2-5-14-11(15)7-18(16,17)10-6-8(13)3-4-9(10)12/h3-4,6H,2,5,7,13H2,1H3,(H,14,15). The van der Waals surface area contributed by atoms with Gasteiger partial charge in [0.1, 0.15) is 5.75 Å². The number of carbonyl (C=O) groups is 1. The van der Waals surface area contributed by atoms with Gasteiger partial charge >= 0.3 is 0 Å². The minimum Gasteiger partial charge on any atom is -0.399 e. The van der Waals surface area contributed by atoms with Crippen LogP contribution in [-0.2, 0) is 14.6 Å². The van der Waals surface area contributed by atoms with E-state index in [0.717, 1.165) is 6.42 Å². The Morgan fingerprint density at radius 2 is 2.11 bits per heavy atom. The number of nitrogen functional groups attached to an aromatic ring is 1. The number of halogens is 1. The van der Waals surface area contributed by atoms with E-state index >= 15 is 0 Å². The number of anilines is 1. The van der Waals surface area contributed by atoms with Crippen LogP contribution in [0.1, 0.15) is 13.3 Å². The predicted octanol–water partition coefficient (Wildman–Crippen LogP) is 1.22. The van der Waals surface area contributed by atoms with Crippen molar-refractivity contribution in [1.82, 2.24) is 5.32 Å². The Labute approximate surface area is 111 Å². The van der Waals surface area contributed by atoms with Crippen molar-refractivity contribution in [2.75, 3.05) is 18.0 Å². The van der Waals surface area contributed by atoms with Crippen LogP contribution in [0.15, 0.2) is 23.1 Å². The van der Waals surface area contributed by atoms with Crippen LogP contribution in [0.2, 0.25) is 5.02 Å². The van der Waals surface area contributed by atoms with E-state index in [4.69, 9.17) is 17.3 Å². The number of benzene rings is 1. The number of rotatable bonds is 5. The third-order valence-electron chi connectivity index (χ3n) is 2.18. The third-order valence-corrected chi connectivity index (χ3v) is 4.28. The number of sulfone groups is 1. The number of carbonyl (C=O) groups excluding carboxylic acids is 1. The predicted molar refractivity (Wildman–Crippen MR) is 71.2 cm³/mol. The Kier molecular flexibility index (Phi) is 4.98. The second-order valence-corrected chi connectivity index (χ2v) is 6.16. The minimum atomic E-state index is -3.77. The van der Waals surface area contributed by atoms with E-state index < -0.39 is 21.5 Å². The molecule has 0 radical (unpaired) electrons. The van der Waals surface area contributed by atoms with Crippen molar-refractivity contribution in [1.29, 1.82) is 0 Å². The molecule has 0 saturated heterocycles. The van der Waals surface area contributed by atoms with E-state index in [2.05, 4.69) is 5.32 Å². The molecular weight excluding hydrogens is 276 g/mol. The average Bonchev–Trinajstić information content (AvgIpc) is 2.29. The molecule has 1 rings (SSSR count). The molecule has 7 heteroatoms. The number of amides is 1. The summed E-state index contributed by atoms with van der Waals surface area (Å²) in [6.07, 6.45) is 0.741. The van der Waals surface area contributed by atoms with Crippen LogP contribution in [0, 0.1) is 0 Å². The van der Waals surface area contributed by atoms with Crippen molar-refractivity contribution in [3.63, 3.8) is 0 Å². The first kappa shape index (κ1) is 14.8. The van der Waals surface area contributed by atoms with Crippen LogP contribution in [0.3, 0.4) is 0 Å². The van der Waals surface area contributed by atoms with Gasteiger partial charge in [0.25, 0.3) is 0 Å². The van der Waals surface area contributed by atoms with Crippen molar-refractivity contribution >= 4 is 33.0 Å². The van der Waals surface area contributed by atoms with E-state index in [1.165, 1.54) is 18.2 Å². The van der Waals surface area contributed by atoms with Gasteiger partial charge < -0.3 is 11.1 Å². The van der Waals surface area contributed by atoms with Gasteiger partial charge in [-0.2, -0.15) is 0 Å². The maximum absolute atomic E-state index is 12.0. The lowest BCUT2D eigenvalue weighted by Gasteiger charge is -2.07. The maximum atomic E-state index is 12.0. The fourth-order valence-corrected chi connectivity index (χ4v) is 3.08. The molecule has 0 aliphatic heterocycles. The van der Waals surface area contributed by atoms with Crippen LogP contribution in [-0.4, -0.2) is 26.6 Å². The summed E-state index contributed by atoms with van der Waals surface area (Å²) in [7, 11) is -3.77. The molecule has 0 aliphatic carbocycles. The summed E-state index contributed by atoms with van der Waals surface area (Å²) in [5.41, 5.74) is 5.80. The lowest BCUT2D eigenvalue weighted by atomic mass is 10.3. The fourth-order valence-electron chi connectivity index (χ4n) is 1.32. The first-order valence-electron chi connectivity index (χ1n) is 5.41. The van der Waals surface area contributed by atoms with Gasteiger partial charge in [0, 0.05) is 12.2 Å². The molecule has 0 heterocycles. The summed E-state index contributed by atoms with van der Waals surface area (Å²) in [5.74, 6) is -1.17. The van der Waals surface area contributed by atoms with Crippen LogP contribution in [0.5, 0.6) is 0 Å². The lowest BCUT2D eigenvalue weighted by Crippen LogP contribution is -2.30. The molecule has 0 aliphatic rings. The van der Waals surface area contributed by atoms with Crippen LogP contribution in [0.25, 0.3) is 0 Å². The van der Waals surface area contributed by atoms with Crippen molar-refractivity contribution in [3.05, 3.63) is 23.2 Å². The molecule has 18 heavy (non-hydrogen) atoms. The average molecular weight is 291 g/mol. The van der Waals surface area contributed by atoms with Crippen LogP contribution in [0.4, 0.5) is 5.69 Å². The van der Waals surface area contributed by atoms with Gasteiger partial charge in [-0.05, 0) is 24.6 Å². The molecule has 0 spiro atoms. The summed E-state index contributed by atoms with van der Waals surface area (Å²) in [5, 5.41) is 2.56. The smallest absolute Gasteiger partial charge is 0.235 e. The van der Waals surface area contributed by atoms with Crippen molar-refractivity contribution in [2.45, 2.75) is 18.2 Å². The topological polar surface area (TPSA) is 89.3 Å². The Hall–Kier alpha value is -1.27. The quantitative estimate of drug-likeness (QED) is 0.798. The Morgan fingerprint density at radius 1 is 1.44 bits per heavy atom. The van der Waals surface area contributed by atoms with Crippen LogP contribution < -0.4 is 11.1 Å². The Balaban J connectivity index is 2.93. The minimum absolute atomic E-state index is 0.0625. The normalized spacial score (nSPS) is 11.2. The van der Waals surface area contributed by atoms with E-state index in [0.29, 0.717) is 6.54 Å². The molecule has 0 bridgehead atoms. The van der Waals surface area contributed by atoms with Crippen molar-refractivity contribution < 1.29 is 13.2 Å². The summed E-state index contributed by atoms with van der Waals surface area (Å²) >= 11 is 5.80. The Bertz CT molecular complexity index is 543. The van der Waals surface area contributed by atoms with Gasteiger partial charge in [0.05, 0.1) is 9.92 Å². The lowest BCUT2D eigenvalue weighted by molar-refractivity contribution is -0.118. The molecular formula is C11H15ClN2O3S. The highest BCUT2D eigenvalue weighted by atomic mass is 35.5. The van der Waals surface area contributed by atoms with Gasteiger partial charge in [-0.15, -0.1) is 0 Å². The number of hydrogen-bond donors (Lipinski definition) is 2. The summed E-state index contributed by atoms with van der Waals surface area (Å²) in [6, 6.07) is 4.15. The molecule has 0 fully saturated rings. The summed E-state index contributed by atoms with van der Waals surface area (Å²) in [6.45, 7) is 2.32. The third kappa shape index (κ3) is 3.89. The number of hydrogen-bond acceptors (Lipinski definition) is 4. The number of nitrogens with two attached hydrogens (primary N) is 1. The largest absolute Gasteiger partial charge is 0.399 e. The van der Waals surface area contributed by atoms with Crippen molar-refractivity contribution in [2.24, 2.45) is 0 Å². The zero-order valence-corrected chi connectivity index (χ0v) is 11.5. The van der Waals surface area contributed by atoms with E-state index in [1.54, 1.807) is 0 Å². The second-order valence-electron chi connectivity index (χ2n) is 3.80. The molecule has 1 aromatic carbocycles. The summed E-state index contributed by atoms with van der Waals surface area (Å²) in [4.78, 5) is 11.3. The van der Waals surface area contributed by atoms with Gasteiger partial charge in [-0.1, -0.05) is 18.5 Å². The number of nitrogens with one attached hydrogen (secondary N) is 1. The van der Waals surface area contributed by atoms with E-state index in [-0.39, 0.29) is 15.6 Å². The molecule has 100 valence electrons. The first-order valence-corrected chi connectivity index (χ1v) is 7.44. The molecule has 3 N–H and O–H groups in total.